The molecule has 2 aromatic rings. The monoisotopic (exact) mass is 229 g/mol. The summed E-state index contributed by atoms with van der Waals surface area (Å²) in [4.78, 5) is 0. The first-order valence-corrected chi connectivity index (χ1v) is 6.94. The highest BCUT2D eigenvalue weighted by Crippen LogP contribution is 2.34. The largest absolute Gasteiger partial charge is 0.331 e. The highest BCUT2D eigenvalue weighted by atomic mass is 15.3. The van der Waals surface area contributed by atoms with Gasteiger partial charge in [0.15, 0.2) is 0 Å². The van der Waals surface area contributed by atoms with Crippen LogP contribution in [0.4, 0.5) is 0 Å². The van der Waals surface area contributed by atoms with E-state index in [2.05, 4.69) is 27.5 Å². The van der Waals surface area contributed by atoms with Crippen molar-refractivity contribution in [3.8, 4) is 0 Å². The molecule has 90 valence electrons. The maximum Gasteiger partial charge on any atom is 0.136 e. The molecule has 0 N–H and O–H groups in total. The zero-order valence-electron chi connectivity index (χ0n) is 10.2. The van der Waals surface area contributed by atoms with Gasteiger partial charge in [0.05, 0.1) is 5.69 Å². The second-order valence-electron chi connectivity index (χ2n) is 5.75. The first kappa shape index (κ1) is 9.75. The van der Waals surface area contributed by atoms with Crippen LogP contribution in [0.1, 0.15) is 50.1 Å². The summed E-state index contributed by atoms with van der Waals surface area (Å²) >= 11 is 0. The van der Waals surface area contributed by atoms with E-state index in [0.717, 1.165) is 11.8 Å². The molecule has 2 saturated carbocycles. The van der Waals surface area contributed by atoms with Gasteiger partial charge in [0.2, 0.25) is 0 Å². The molecule has 0 unspecified atom stereocenters. The first-order chi connectivity index (χ1) is 8.40. The summed E-state index contributed by atoms with van der Waals surface area (Å²) in [7, 11) is 0. The molecule has 0 amide bonds. The molecule has 4 rings (SSSR count). The number of hydrogen-bond donors (Lipinski definition) is 0. The van der Waals surface area contributed by atoms with E-state index in [0.29, 0.717) is 0 Å². The summed E-state index contributed by atoms with van der Waals surface area (Å²) in [6, 6.07) is 2.32. The van der Waals surface area contributed by atoms with E-state index in [1.54, 1.807) is 0 Å². The van der Waals surface area contributed by atoms with E-state index in [1.807, 2.05) is 0 Å². The molecule has 2 aromatic heterocycles. The summed E-state index contributed by atoms with van der Waals surface area (Å²) in [5, 5.41) is 4.74. The van der Waals surface area contributed by atoms with Crippen LogP contribution in [-0.4, -0.2) is 14.2 Å². The van der Waals surface area contributed by atoms with Crippen LogP contribution in [0.15, 0.2) is 18.5 Å². The van der Waals surface area contributed by atoms with Crippen molar-refractivity contribution in [3.63, 3.8) is 0 Å². The fourth-order valence-corrected chi connectivity index (χ4v) is 3.10. The second-order valence-corrected chi connectivity index (χ2v) is 5.75. The van der Waals surface area contributed by atoms with E-state index >= 15 is 0 Å². The molecule has 0 atom stereocenters. The summed E-state index contributed by atoms with van der Waals surface area (Å²) < 4.78 is 4.44. The molecule has 0 radical (unpaired) electrons. The maximum atomic E-state index is 4.74. The van der Waals surface area contributed by atoms with Crippen molar-refractivity contribution >= 4 is 5.65 Å². The third-order valence-corrected chi connectivity index (χ3v) is 4.34. The standard InChI is InChI=1S/C14H19N3/c1-2-4-12(3-1)13-9-14-16(10-11-5-6-11)7-8-17(14)15-13/h7-9,11-12H,1-6,10H2. The summed E-state index contributed by atoms with van der Waals surface area (Å²) in [5.74, 6) is 1.65. The minimum Gasteiger partial charge on any atom is -0.331 e. The molecule has 2 heterocycles. The topological polar surface area (TPSA) is 22.2 Å². The van der Waals surface area contributed by atoms with Crippen LogP contribution in [0.3, 0.4) is 0 Å². The molecule has 17 heavy (non-hydrogen) atoms. The summed E-state index contributed by atoms with van der Waals surface area (Å²) in [5.41, 5.74) is 2.61. The van der Waals surface area contributed by atoms with Gasteiger partial charge in [-0.1, -0.05) is 12.8 Å². The Labute approximate surface area is 101 Å². The molecule has 0 aliphatic heterocycles. The smallest absolute Gasteiger partial charge is 0.136 e. The fourth-order valence-electron chi connectivity index (χ4n) is 3.10. The molecule has 3 heteroatoms. The van der Waals surface area contributed by atoms with E-state index in [1.165, 1.54) is 56.4 Å². The second kappa shape index (κ2) is 3.62. The maximum absolute atomic E-state index is 4.74. The SMILES string of the molecule is c1c(C2CCCC2)nn2ccn(CC3CC3)c12. The third-order valence-electron chi connectivity index (χ3n) is 4.34. The van der Waals surface area contributed by atoms with E-state index in [-0.39, 0.29) is 0 Å². The molecule has 2 aliphatic rings. The fraction of sp³-hybridized carbons (Fsp3) is 0.643. The minimum absolute atomic E-state index is 0.726. The molecule has 2 fully saturated rings. The molecule has 0 bridgehead atoms. The first-order valence-electron chi connectivity index (χ1n) is 6.94. The van der Waals surface area contributed by atoms with Gasteiger partial charge in [-0.05, 0) is 31.6 Å². The number of hydrogen-bond acceptors (Lipinski definition) is 1. The minimum atomic E-state index is 0.726. The Balaban J connectivity index is 1.68. The molecular weight excluding hydrogens is 210 g/mol. The van der Waals surface area contributed by atoms with Crippen LogP contribution < -0.4 is 0 Å². The lowest BCUT2D eigenvalue weighted by atomic mass is 10.1. The molecular formula is C14H19N3. The van der Waals surface area contributed by atoms with E-state index in [4.69, 9.17) is 5.10 Å². The number of nitrogens with zero attached hydrogens (tertiary/aromatic N) is 3. The van der Waals surface area contributed by atoms with Gasteiger partial charge in [-0.25, -0.2) is 4.52 Å². The predicted molar refractivity (Wildman–Crippen MR) is 67.1 cm³/mol. The molecule has 0 aromatic carbocycles. The van der Waals surface area contributed by atoms with Gasteiger partial charge < -0.3 is 4.57 Å². The molecule has 0 saturated heterocycles. The van der Waals surface area contributed by atoms with Crippen LogP contribution in [0.5, 0.6) is 0 Å². The average Bonchev–Trinajstić information content (AvgIpc) is 2.79. The number of rotatable bonds is 3. The number of fused-ring (bicyclic) bond motifs is 1. The van der Waals surface area contributed by atoms with Crippen LogP contribution in [0.25, 0.3) is 5.65 Å². The van der Waals surface area contributed by atoms with Crippen molar-refractivity contribution in [2.75, 3.05) is 0 Å². The van der Waals surface area contributed by atoms with Crippen molar-refractivity contribution < 1.29 is 0 Å². The number of imidazole rings is 1. The predicted octanol–water partition coefficient (Wildman–Crippen LogP) is 3.20. The van der Waals surface area contributed by atoms with Crippen molar-refractivity contribution in [2.24, 2.45) is 5.92 Å². The lowest BCUT2D eigenvalue weighted by Gasteiger charge is -2.03. The molecule has 2 aliphatic carbocycles. The summed E-state index contributed by atoms with van der Waals surface area (Å²) in [6.45, 7) is 1.19. The Kier molecular flexibility index (Phi) is 2.08. The van der Waals surface area contributed by atoms with Crippen molar-refractivity contribution in [1.82, 2.24) is 14.2 Å². The lowest BCUT2D eigenvalue weighted by molar-refractivity contribution is 0.644. The Morgan fingerprint density at radius 2 is 1.94 bits per heavy atom. The van der Waals surface area contributed by atoms with Gasteiger partial charge in [0, 0.05) is 30.9 Å². The van der Waals surface area contributed by atoms with Crippen LogP contribution >= 0.6 is 0 Å². The molecule has 0 spiro atoms. The van der Waals surface area contributed by atoms with Gasteiger partial charge in [0.25, 0.3) is 0 Å². The third kappa shape index (κ3) is 1.68. The Morgan fingerprint density at radius 3 is 2.71 bits per heavy atom. The lowest BCUT2D eigenvalue weighted by Crippen LogP contribution is -1.97. The number of aromatic nitrogens is 3. The zero-order valence-corrected chi connectivity index (χ0v) is 10.2. The highest BCUT2D eigenvalue weighted by molar-refractivity contribution is 5.42. The van der Waals surface area contributed by atoms with Gasteiger partial charge in [-0.3, -0.25) is 0 Å². The van der Waals surface area contributed by atoms with Crippen LogP contribution in [-0.2, 0) is 6.54 Å². The van der Waals surface area contributed by atoms with Gasteiger partial charge in [0.1, 0.15) is 5.65 Å². The highest BCUT2D eigenvalue weighted by Gasteiger charge is 2.24. The van der Waals surface area contributed by atoms with Crippen molar-refractivity contribution in [1.29, 1.82) is 0 Å². The van der Waals surface area contributed by atoms with Gasteiger partial charge in [-0.2, -0.15) is 5.10 Å². The normalized spacial score (nSPS) is 21.6. The van der Waals surface area contributed by atoms with Gasteiger partial charge in [-0.15, -0.1) is 0 Å². The van der Waals surface area contributed by atoms with Crippen LogP contribution in [0.2, 0.25) is 0 Å². The Hall–Kier alpha value is -1.25. The Morgan fingerprint density at radius 1 is 1.12 bits per heavy atom. The van der Waals surface area contributed by atoms with Crippen molar-refractivity contribution in [2.45, 2.75) is 51.0 Å². The summed E-state index contributed by atoms with van der Waals surface area (Å²) in [6.07, 6.45) is 12.5. The van der Waals surface area contributed by atoms with Crippen LogP contribution in [0, 0.1) is 5.92 Å². The van der Waals surface area contributed by atoms with E-state index in [9.17, 15) is 0 Å². The van der Waals surface area contributed by atoms with Gasteiger partial charge >= 0.3 is 0 Å². The van der Waals surface area contributed by atoms with Crippen molar-refractivity contribution in [3.05, 3.63) is 24.2 Å². The zero-order chi connectivity index (χ0) is 11.2. The quantitative estimate of drug-likeness (QED) is 0.792. The Bertz CT molecular complexity index is 527. The molecule has 3 nitrogen and oxygen atoms in total. The van der Waals surface area contributed by atoms with E-state index < -0.39 is 0 Å². The average molecular weight is 229 g/mol.